The molecule has 0 aromatic carbocycles. The Morgan fingerprint density at radius 2 is 2.17 bits per heavy atom. The molecule has 0 bridgehead atoms. The molecule has 2 atom stereocenters. The quantitative estimate of drug-likeness (QED) is 0.802. The number of nitrogens with one attached hydrogen (secondary N) is 1. The third-order valence-corrected chi connectivity index (χ3v) is 3.89. The van der Waals surface area contributed by atoms with Crippen LogP contribution in [-0.4, -0.2) is 45.4 Å². The second kappa shape index (κ2) is 7.21. The molecule has 1 aromatic rings. The summed E-state index contributed by atoms with van der Waals surface area (Å²) in [5.74, 6) is -2.32. The minimum absolute atomic E-state index is 0.100. The first-order valence-electron chi connectivity index (χ1n) is 7.59. The second-order valence-electron chi connectivity index (χ2n) is 6.06. The Bertz CT molecular complexity index is 588. The summed E-state index contributed by atoms with van der Waals surface area (Å²) in [5, 5.41) is 11.7. The molecule has 1 aliphatic heterocycles. The number of carbonyl (C=O) groups is 3. The van der Waals surface area contributed by atoms with Gasteiger partial charge in [0.05, 0.1) is 18.2 Å². The van der Waals surface area contributed by atoms with Crippen molar-refractivity contribution < 1.29 is 19.5 Å². The highest BCUT2D eigenvalue weighted by Gasteiger charge is 2.36. The normalized spacial score (nSPS) is 19.0. The van der Waals surface area contributed by atoms with Crippen molar-refractivity contribution in [2.24, 2.45) is 11.8 Å². The summed E-state index contributed by atoms with van der Waals surface area (Å²) in [6, 6.07) is 4.51. The Hall–Kier alpha value is -2.44. The SMILES string of the molecule is CC(C)[C@@H](NC(=O)[C@H]1CC(=O)N(Cc2ccccn2)C1)C(=O)O. The molecule has 2 amide bonds. The second-order valence-corrected chi connectivity index (χ2v) is 6.06. The molecule has 7 nitrogen and oxygen atoms in total. The fourth-order valence-electron chi connectivity index (χ4n) is 2.57. The van der Waals surface area contributed by atoms with Gasteiger partial charge in [-0.1, -0.05) is 19.9 Å². The van der Waals surface area contributed by atoms with Crippen LogP contribution in [0.1, 0.15) is 26.0 Å². The minimum atomic E-state index is -1.07. The molecule has 0 radical (unpaired) electrons. The Kier molecular flexibility index (Phi) is 5.31. The van der Waals surface area contributed by atoms with E-state index in [9.17, 15) is 14.4 Å². The molecule has 1 saturated heterocycles. The number of carboxylic acids is 1. The zero-order chi connectivity index (χ0) is 17.0. The lowest BCUT2D eigenvalue weighted by atomic mass is 10.0. The van der Waals surface area contributed by atoms with Crippen LogP contribution < -0.4 is 5.32 Å². The first-order valence-corrected chi connectivity index (χ1v) is 7.59. The number of aliphatic carboxylic acids is 1. The number of amides is 2. The van der Waals surface area contributed by atoms with E-state index < -0.39 is 17.9 Å². The molecule has 2 heterocycles. The summed E-state index contributed by atoms with van der Waals surface area (Å²) in [7, 11) is 0. The zero-order valence-electron chi connectivity index (χ0n) is 13.2. The number of hydrogen-bond donors (Lipinski definition) is 2. The fraction of sp³-hybridized carbons (Fsp3) is 0.500. The van der Waals surface area contributed by atoms with Crippen molar-refractivity contribution in [1.82, 2.24) is 15.2 Å². The van der Waals surface area contributed by atoms with E-state index in [0.717, 1.165) is 5.69 Å². The molecule has 0 saturated carbocycles. The van der Waals surface area contributed by atoms with Crippen molar-refractivity contribution in [2.75, 3.05) is 6.54 Å². The van der Waals surface area contributed by atoms with Crippen molar-refractivity contribution >= 4 is 17.8 Å². The van der Waals surface area contributed by atoms with Crippen LogP contribution in [-0.2, 0) is 20.9 Å². The highest BCUT2D eigenvalue weighted by molar-refractivity contribution is 5.91. The predicted molar refractivity (Wildman–Crippen MR) is 82.2 cm³/mol. The summed E-state index contributed by atoms with van der Waals surface area (Å²) >= 11 is 0. The van der Waals surface area contributed by atoms with Gasteiger partial charge in [-0.3, -0.25) is 14.6 Å². The average Bonchev–Trinajstić information content (AvgIpc) is 2.86. The summed E-state index contributed by atoms with van der Waals surface area (Å²) in [6.45, 7) is 4.10. The maximum absolute atomic E-state index is 12.2. The van der Waals surface area contributed by atoms with Crippen molar-refractivity contribution in [3.05, 3.63) is 30.1 Å². The monoisotopic (exact) mass is 319 g/mol. The van der Waals surface area contributed by atoms with Gasteiger partial charge in [0.25, 0.3) is 0 Å². The highest BCUT2D eigenvalue weighted by Crippen LogP contribution is 2.20. The first kappa shape index (κ1) is 16.9. The number of rotatable bonds is 6. The van der Waals surface area contributed by atoms with Crippen LogP contribution >= 0.6 is 0 Å². The van der Waals surface area contributed by atoms with E-state index in [0.29, 0.717) is 6.54 Å². The molecular formula is C16H21N3O4. The van der Waals surface area contributed by atoms with E-state index in [-0.39, 0.29) is 30.7 Å². The highest BCUT2D eigenvalue weighted by atomic mass is 16.4. The largest absolute Gasteiger partial charge is 0.480 e. The maximum atomic E-state index is 12.2. The third-order valence-electron chi connectivity index (χ3n) is 3.89. The molecule has 2 N–H and O–H groups in total. The summed E-state index contributed by atoms with van der Waals surface area (Å²) < 4.78 is 0. The third kappa shape index (κ3) is 4.28. The molecule has 1 fully saturated rings. The van der Waals surface area contributed by atoms with Gasteiger partial charge in [-0.15, -0.1) is 0 Å². The number of carboxylic acid groups (broad SMARTS) is 1. The number of likely N-dealkylation sites (tertiary alicyclic amines) is 1. The number of hydrogen-bond acceptors (Lipinski definition) is 4. The van der Waals surface area contributed by atoms with Gasteiger partial charge in [0, 0.05) is 19.2 Å². The van der Waals surface area contributed by atoms with Crippen LogP contribution in [0.5, 0.6) is 0 Å². The van der Waals surface area contributed by atoms with Gasteiger partial charge in [0.15, 0.2) is 0 Å². The lowest BCUT2D eigenvalue weighted by molar-refractivity contribution is -0.143. The number of carbonyl (C=O) groups excluding carboxylic acids is 2. The van der Waals surface area contributed by atoms with Crippen molar-refractivity contribution in [3.63, 3.8) is 0 Å². The van der Waals surface area contributed by atoms with E-state index in [2.05, 4.69) is 10.3 Å². The Morgan fingerprint density at radius 1 is 1.43 bits per heavy atom. The van der Waals surface area contributed by atoms with Crippen molar-refractivity contribution in [1.29, 1.82) is 0 Å². The molecule has 2 rings (SSSR count). The Balaban J connectivity index is 1.96. The lowest BCUT2D eigenvalue weighted by Gasteiger charge is -2.20. The van der Waals surface area contributed by atoms with E-state index >= 15 is 0 Å². The summed E-state index contributed by atoms with van der Waals surface area (Å²) in [4.78, 5) is 41.2. The van der Waals surface area contributed by atoms with Gasteiger partial charge in [-0.25, -0.2) is 4.79 Å². The minimum Gasteiger partial charge on any atom is -0.480 e. The smallest absolute Gasteiger partial charge is 0.326 e. The van der Waals surface area contributed by atoms with Gasteiger partial charge < -0.3 is 15.3 Å². The maximum Gasteiger partial charge on any atom is 0.326 e. The topological polar surface area (TPSA) is 99.6 Å². The number of aromatic nitrogens is 1. The molecule has 0 spiro atoms. The van der Waals surface area contributed by atoms with Crippen LogP contribution in [0.2, 0.25) is 0 Å². The molecular weight excluding hydrogens is 298 g/mol. The van der Waals surface area contributed by atoms with Gasteiger partial charge in [0.2, 0.25) is 11.8 Å². The summed E-state index contributed by atoms with van der Waals surface area (Å²) in [5.41, 5.74) is 0.757. The van der Waals surface area contributed by atoms with Crippen molar-refractivity contribution in [3.8, 4) is 0 Å². The molecule has 1 aliphatic rings. The van der Waals surface area contributed by atoms with Gasteiger partial charge in [0.1, 0.15) is 6.04 Å². The van der Waals surface area contributed by atoms with Crippen LogP contribution in [0.4, 0.5) is 0 Å². The number of pyridine rings is 1. The molecule has 124 valence electrons. The van der Waals surface area contributed by atoms with Crippen LogP contribution in [0, 0.1) is 11.8 Å². The van der Waals surface area contributed by atoms with Crippen molar-refractivity contribution in [2.45, 2.75) is 32.9 Å². The predicted octanol–water partition coefficient (Wildman–Crippen LogP) is 0.655. The van der Waals surface area contributed by atoms with Gasteiger partial charge in [-0.2, -0.15) is 0 Å². The van der Waals surface area contributed by atoms with Crippen LogP contribution in [0.15, 0.2) is 24.4 Å². The zero-order valence-corrected chi connectivity index (χ0v) is 13.2. The molecule has 7 heteroatoms. The van der Waals surface area contributed by atoms with E-state index in [1.165, 1.54) is 0 Å². The lowest BCUT2D eigenvalue weighted by Crippen LogP contribution is -2.47. The average molecular weight is 319 g/mol. The van der Waals surface area contributed by atoms with E-state index in [1.54, 1.807) is 31.0 Å². The van der Waals surface area contributed by atoms with E-state index in [4.69, 9.17) is 5.11 Å². The van der Waals surface area contributed by atoms with Gasteiger partial charge >= 0.3 is 5.97 Å². The summed E-state index contributed by atoms with van der Waals surface area (Å²) in [6.07, 6.45) is 1.75. The molecule has 0 unspecified atom stereocenters. The van der Waals surface area contributed by atoms with Crippen LogP contribution in [0.3, 0.4) is 0 Å². The molecule has 1 aromatic heterocycles. The number of nitrogens with zero attached hydrogens (tertiary/aromatic N) is 2. The first-order chi connectivity index (χ1) is 10.9. The van der Waals surface area contributed by atoms with Crippen LogP contribution in [0.25, 0.3) is 0 Å². The Labute approximate surface area is 134 Å². The molecule has 23 heavy (non-hydrogen) atoms. The Morgan fingerprint density at radius 3 is 2.74 bits per heavy atom. The molecule has 0 aliphatic carbocycles. The van der Waals surface area contributed by atoms with Gasteiger partial charge in [-0.05, 0) is 18.1 Å². The fourth-order valence-corrected chi connectivity index (χ4v) is 2.57. The standard InChI is InChI=1S/C16H21N3O4/c1-10(2)14(16(22)23)18-15(21)11-7-13(20)19(8-11)9-12-5-3-4-6-17-12/h3-6,10-11,14H,7-9H2,1-2H3,(H,18,21)(H,22,23)/t11-,14+/m0/s1. The van der Waals surface area contributed by atoms with E-state index in [1.807, 2.05) is 12.1 Å².